The van der Waals surface area contributed by atoms with Gasteiger partial charge in [0.2, 0.25) is 5.91 Å². The van der Waals surface area contributed by atoms with E-state index in [0.29, 0.717) is 24.4 Å². The van der Waals surface area contributed by atoms with Crippen molar-refractivity contribution in [2.45, 2.75) is 38.8 Å². The van der Waals surface area contributed by atoms with Crippen molar-refractivity contribution in [2.75, 3.05) is 27.3 Å². The topological polar surface area (TPSA) is 67.9 Å². The zero-order valence-corrected chi connectivity index (χ0v) is 18.4. The summed E-state index contributed by atoms with van der Waals surface area (Å²) in [5.41, 5.74) is 2.79. The first-order chi connectivity index (χ1) is 15.1. The van der Waals surface area contributed by atoms with E-state index in [2.05, 4.69) is 10.2 Å². The van der Waals surface area contributed by atoms with Crippen molar-refractivity contribution >= 4 is 11.9 Å². The maximum atomic E-state index is 12.3. The van der Waals surface area contributed by atoms with Crippen LogP contribution in [0.3, 0.4) is 0 Å². The summed E-state index contributed by atoms with van der Waals surface area (Å²) < 4.78 is 9.98. The zero-order valence-electron chi connectivity index (χ0n) is 18.4. The van der Waals surface area contributed by atoms with Crippen LogP contribution in [-0.4, -0.2) is 44.1 Å². The Bertz CT molecular complexity index is 866. The Hall–Kier alpha value is -2.86. The van der Waals surface area contributed by atoms with E-state index in [4.69, 9.17) is 9.47 Å². The second kappa shape index (κ2) is 11.5. The molecule has 0 saturated carbocycles. The average Bonchev–Trinajstić information content (AvgIpc) is 2.81. The van der Waals surface area contributed by atoms with Gasteiger partial charge in [-0.15, -0.1) is 0 Å². The lowest BCUT2D eigenvalue weighted by molar-refractivity contribution is -0.121. The van der Waals surface area contributed by atoms with Crippen molar-refractivity contribution in [1.82, 2.24) is 10.2 Å². The van der Waals surface area contributed by atoms with Crippen LogP contribution in [0.2, 0.25) is 0 Å². The quantitative estimate of drug-likeness (QED) is 0.621. The largest absolute Gasteiger partial charge is 0.497 e. The van der Waals surface area contributed by atoms with Gasteiger partial charge in [-0.1, -0.05) is 24.3 Å². The molecule has 3 rings (SSSR count). The SMILES string of the molecule is COC(=O)c1ccc(CN2CCC[C@@H](CCC(=O)NCc3cccc(OC)c3)C2)cc1. The number of amides is 1. The van der Waals surface area contributed by atoms with Gasteiger partial charge in [0.05, 0.1) is 19.8 Å². The monoisotopic (exact) mass is 424 g/mol. The summed E-state index contributed by atoms with van der Waals surface area (Å²) in [7, 11) is 3.03. The number of likely N-dealkylation sites (tertiary alicyclic amines) is 1. The number of ether oxygens (including phenoxy) is 2. The molecule has 0 aliphatic carbocycles. The Morgan fingerprint density at radius 1 is 1.10 bits per heavy atom. The lowest BCUT2D eigenvalue weighted by atomic mass is 9.93. The van der Waals surface area contributed by atoms with Gasteiger partial charge in [-0.05, 0) is 67.1 Å². The molecule has 0 bridgehead atoms. The number of hydrogen-bond donors (Lipinski definition) is 1. The summed E-state index contributed by atoms with van der Waals surface area (Å²) in [4.78, 5) is 26.3. The van der Waals surface area contributed by atoms with Gasteiger partial charge in [-0.2, -0.15) is 0 Å². The van der Waals surface area contributed by atoms with Crippen molar-refractivity contribution in [3.63, 3.8) is 0 Å². The van der Waals surface area contributed by atoms with Crippen LogP contribution in [0, 0.1) is 5.92 Å². The molecule has 1 heterocycles. The lowest BCUT2D eigenvalue weighted by Crippen LogP contribution is -2.35. The van der Waals surface area contributed by atoms with E-state index in [9.17, 15) is 9.59 Å². The molecule has 31 heavy (non-hydrogen) atoms. The van der Waals surface area contributed by atoms with Gasteiger partial charge in [-0.3, -0.25) is 9.69 Å². The number of esters is 1. The van der Waals surface area contributed by atoms with Crippen molar-refractivity contribution in [1.29, 1.82) is 0 Å². The van der Waals surface area contributed by atoms with Crippen molar-refractivity contribution in [3.8, 4) is 5.75 Å². The predicted octanol–water partition coefficient (Wildman–Crippen LogP) is 3.79. The van der Waals surface area contributed by atoms with Crippen molar-refractivity contribution < 1.29 is 19.1 Å². The van der Waals surface area contributed by atoms with E-state index < -0.39 is 0 Å². The number of benzene rings is 2. The minimum absolute atomic E-state index is 0.0957. The minimum atomic E-state index is -0.311. The number of methoxy groups -OCH3 is 2. The summed E-state index contributed by atoms with van der Waals surface area (Å²) in [6, 6.07) is 15.4. The van der Waals surface area contributed by atoms with Crippen LogP contribution >= 0.6 is 0 Å². The number of nitrogens with one attached hydrogen (secondary N) is 1. The summed E-state index contributed by atoms with van der Waals surface area (Å²) >= 11 is 0. The highest BCUT2D eigenvalue weighted by atomic mass is 16.5. The summed E-state index contributed by atoms with van der Waals surface area (Å²) in [6.07, 6.45) is 3.77. The van der Waals surface area contributed by atoms with Crippen molar-refractivity contribution in [2.24, 2.45) is 5.92 Å². The fraction of sp³-hybridized carbons (Fsp3) is 0.440. The van der Waals surface area contributed by atoms with E-state index in [1.54, 1.807) is 7.11 Å². The van der Waals surface area contributed by atoms with Gasteiger partial charge in [0.1, 0.15) is 5.75 Å². The molecule has 1 aliphatic heterocycles. The van der Waals surface area contributed by atoms with Crippen LogP contribution in [0.1, 0.15) is 47.2 Å². The zero-order chi connectivity index (χ0) is 22.1. The van der Waals surface area contributed by atoms with E-state index in [1.807, 2.05) is 48.5 Å². The van der Waals surface area contributed by atoms with Crippen LogP contribution in [0.4, 0.5) is 0 Å². The van der Waals surface area contributed by atoms with E-state index >= 15 is 0 Å². The molecule has 0 unspecified atom stereocenters. The molecular formula is C25H32N2O4. The lowest BCUT2D eigenvalue weighted by Gasteiger charge is -2.32. The molecule has 6 heteroatoms. The Morgan fingerprint density at radius 2 is 1.90 bits per heavy atom. The molecule has 1 aliphatic rings. The number of piperidine rings is 1. The third-order valence-electron chi connectivity index (χ3n) is 5.79. The molecule has 1 amide bonds. The molecule has 0 spiro atoms. The predicted molar refractivity (Wildman–Crippen MR) is 120 cm³/mol. The van der Waals surface area contributed by atoms with Crippen LogP contribution in [0.5, 0.6) is 5.75 Å². The first kappa shape index (κ1) is 22.8. The third-order valence-corrected chi connectivity index (χ3v) is 5.79. The molecule has 2 aromatic rings. The normalized spacial score (nSPS) is 16.5. The number of carbonyl (C=O) groups excluding carboxylic acids is 2. The first-order valence-electron chi connectivity index (χ1n) is 10.9. The highest BCUT2D eigenvalue weighted by molar-refractivity contribution is 5.89. The second-order valence-electron chi connectivity index (χ2n) is 8.10. The van der Waals surface area contributed by atoms with Crippen LogP contribution in [0.25, 0.3) is 0 Å². The second-order valence-corrected chi connectivity index (χ2v) is 8.10. The Labute approximate surface area is 184 Å². The number of carbonyl (C=O) groups is 2. The maximum absolute atomic E-state index is 12.3. The van der Waals surface area contributed by atoms with Crippen LogP contribution in [0.15, 0.2) is 48.5 Å². The van der Waals surface area contributed by atoms with Gasteiger partial charge in [-0.25, -0.2) is 4.79 Å². The van der Waals surface area contributed by atoms with Gasteiger partial charge in [0, 0.05) is 26.1 Å². The van der Waals surface area contributed by atoms with Crippen LogP contribution in [-0.2, 0) is 22.6 Å². The fourth-order valence-electron chi connectivity index (χ4n) is 4.06. The Kier molecular flexibility index (Phi) is 8.47. The highest BCUT2D eigenvalue weighted by Crippen LogP contribution is 2.23. The molecule has 1 atom stereocenters. The Morgan fingerprint density at radius 3 is 2.65 bits per heavy atom. The molecule has 1 fully saturated rings. The molecule has 2 aromatic carbocycles. The van der Waals surface area contributed by atoms with Gasteiger partial charge < -0.3 is 14.8 Å². The maximum Gasteiger partial charge on any atom is 0.337 e. The third kappa shape index (κ3) is 7.10. The molecule has 6 nitrogen and oxygen atoms in total. The van der Waals surface area contributed by atoms with Gasteiger partial charge in [0.15, 0.2) is 0 Å². The Balaban J connectivity index is 1.41. The average molecular weight is 425 g/mol. The minimum Gasteiger partial charge on any atom is -0.497 e. The summed E-state index contributed by atoms with van der Waals surface area (Å²) in [5, 5.41) is 3.01. The number of nitrogens with zero attached hydrogens (tertiary/aromatic N) is 1. The summed E-state index contributed by atoms with van der Waals surface area (Å²) in [6.45, 7) is 3.45. The molecule has 1 N–H and O–H groups in total. The molecule has 1 saturated heterocycles. The molecule has 166 valence electrons. The smallest absolute Gasteiger partial charge is 0.337 e. The van der Waals surface area contributed by atoms with Crippen molar-refractivity contribution in [3.05, 3.63) is 65.2 Å². The first-order valence-corrected chi connectivity index (χ1v) is 10.9. The van der Waals surface area contributed by atoms with E-state index in [0.717, 1.165) is 43.8 Å². The standard InChI is InChI=1S/C25H32N2O4/c1-30-23-7-3-5-21(15-23)16-26-24(28)13-10-19-6-4-14-27(17-19)18-20-8-11-22(12-9-20)25(29)31-2/h3,5,7-9,11-12,15,19H,4,6,10,13-14,16-18H2,1-2H3,(H,26,28)/t19-/m0/s1. The molecule has 0 radical (unpaired) electrons. The number of hydrogen-bond acceptors (Lipinski definition) is 5. The fourth-order valence-corrected chi connectivity index (χ4v) is 4.06. The number of rotatable bonds is 9. The van der Waals surface area contributed by atoms with Gasteiger partial charge in [0.25, 0.3) is 0 Å². The summed E-state index contributed by atoms with van der Waals surface area (Å²) in [5.74, 6) is 1.12. The van der Waals surface area contributed by atoms with E-state index in [-0.39, 0.29) is 11.9 Å². The molecular weight excluding hydrogens is 392 g/mol. The van der Waals surface area contributed by atoms with Gasteiger partial charge >= 0.3 is 5.97 Å². The highest BCUT2D eigenvalue weighted by Gasteiger charge is 2.21. The van der Waals surface area contributed by atoms with Crippen LogP contribution < -0.4 is 10.1 Å². The van der Waals surface area contributed by atoms with E-state index in [1.165, 1.54) is 19.1 Å². The molecule has 0 aromatic heterocycles.